The Morgan fingerprint density at radius 1 is 0.446 bits per heavy atom. The fourth-order valence-corrected chi connectivity index (χ4v) is 10.5. The fourth-order valence-electron chi connectivity index (χ4n) is 10.5. The first kappa shape index (κ1) is 36.0. The van der Waals surface area contributed by atoms with Gasteiger partial charge in [0.05, 0.1) is 39.0 Å². The Hall–Kier alpha value is -8.48. The molecule has 14 rings (SSSR count). The number of hydrogen-bond acceptors (Lipinski definition) is 4. The van der Waals surface area contributed by atoms with Crippen LogP contribution in [0.3, 0.4) is 0 Å². The predicted molar refractivity (Wildman–Crippen MR) is 270 cm³/mol. The number of aliphatic imine (C=N–C) groups is 2. The molecule has 6 nitrogen and oxygen atoms in total. The zero-order chi connectivity index (χ0) is 42.8. The Morgan fingerprint density at radius 2 is 1.00 bits per heavy atom. The first-order chi connectivity index (χ1) is 32.1. The van der Waals surface area contributed by atoms with Crippen molar-refractivity contribution in [2.24, 2.45) is 15.9 Å². The number of hydrogen-bond donors (Lipinski definition) is 0. The number of furan rings is 2. The Balaban J connectivity index is 1.09. The van der Waals surface area contributed by atoms with E-state index in [-0.39, 0.29) is 5.92 Å². The Kier molecular flexibility index (Phi) is 7.63. The van der Waals surface area contributed by atoms with Crippen molar-refractivity contribution in [1.82, 2.24) is 9.13 Å². The zero-order valence-corrected chi connectivity index (χ0v) is 35.4. The van der Waals surface area contributed by atoms with Crippen molar-refractivity contribution in [1.29, 1.82) is 0 Å². The van der Waals surface area contributed by atoms with Crippen molar-refractivity contribution in [2.45, 2.75) is 13.3 Å². The standard InChI is InChI=1S/C59H38N4O2/c1-35-26-30-47(56-51(31-29-45-43-20-8-13-25-54(43)65-57(45)56)62-48-21-9-6-18-41(48)46-32-36-14-2-3-15-37(36)33-52(46)62)60-58(38-27-28-44-42-19-7-12-24-53(42)64-55(44)34-38)61-59(35)63-49-22-10-4-16-39(49)40-17-5-11-23-50(40)63/h2-25,27-35H,26H2,1H3/b47-30+,60-58?,61-59?. The number of allylic oxidation sites excluding steroid dienone is 1. The summed E-state index contributed by atoms with van der Waals surface area (Å²) in [6.45, 7) is 2.28. The van der Waals surface area contributed by atoms with Crippen LogP contribution >= 0.6 is 0 Å². The van der Waals surface area contributed by atoms with Crippen molar-refractivity contribution < 1.29 is 8.83 Å². The largest absolute Gasteiger partial charge is 0.456 e. The van der Waals surface area contributed by atoms with Crippen molar-refractivity contribution in [3.05, 3.63) is 205 Å². The number of amidine groups is 1. The number of para-hydroxylation sites is 5. The van der Waals surface area contributed by atoms with E-state index >= 15 is 0 Å². The second-order valence-electron chi connectivity index (χ2n) is 17.3. The van der Waals surface area contributed by atoms with E-state index in [0.717, 1.165) is 94.3 Å². The van der Waals surface area contributed by atoms with Crippen LogP contribution in [0, 0.1) is 5.92 Å². The molecule has 1 unspecified atom stereocenters. The molecule has 65 heavy (non-hydrogen) atoms. The van der Waals surface area contributed by atoms with Gasteiger partial charge in [-0.1, -0.05) is 134 Å². The van der Waals surface area contributed by atoms with E-state index in [9.17, 15) is 0 Å². The summed E-state index contributed by atoms with van der Waals surface area (Å²) in [5, 5.41) is 11.4. The van der Waals surface area contributed by atoms with Crippen LogP contribution in [0.4, 0.5) is 0 Å². The second kappa shape index (κ2) is 13.8. The summed E-state index contributed by atoms with van der Waals surface area (Å²) >= 11 is 0. The monoisotopic (exact) mass is 834 g/mol. The smallest absolute Gasteiger partial charge is 0.161 e. The third-order valence-corrected chi connectivity index (χ3v) is 13.6. The van der Waals surface area contributed by atoms with Gasteiger partial charge in [0.2, 0.25) is 0 Å². The van der Waals surface area contributed by atoms with Gasteiger partial charge in [-0.25, -0.2) is 9.98 Å². The summed E-state index contributed by atoms with van der Waals surface area (Å²) in [5.74, 6) is 1.51. The van der Waals surface area contributed by atoms with Gasteiger partial charge in [-0.2, -0.15) is 0 Å². The quantitative estimate of drug-likeness (QED) is 0.178. The molecule has 1 aliphatic rings. The van der Waals surface area contributed by atoms with Crippen molar-refractivity contribution in [3.8, 4) is 5.69 Å². The summed E-state index contributed by atoms with van der Waals surface area (Å²) in [5.41, 5.74) is 11.3. The van der Waals surface area contributed by atoms with Gasteiger partial charge in [0.1, 0.15) is 28.2 Å². The normalized spacial score (nSPS) is 15.7. The average Bonchev–Trinajstić information content (AvgIpc) is 4.10. The number of rotatable bonds is 3. The highest BCUT2D eigenvalue weighted by molar-refractivity contribution is 6.20. The molecule has 0 saturated heterocycles. The van der Waals surface area contributed by atoms with E-state index < -0.39 is 0 Å². The Bertz CT molecular complexity index is 4190. The average molecular weight is 835 g/mol. The topological polar surface area (TPSA) is 60.9 Å². The maximum absolute atomic E-state index is 7.00. The third kappa shape index (κ3) is 5.34. The molecule has 0 fully saturated rings. The van der Waals surface area contributed by atoms with Crippen LogP contribution in [0.15, 0.2) is 213 Å². The van der Waals surface area contributed by atoms with E-state index in [4.69, 9.17) is 18.8 Å². The van der Waals surface area contributed by atoms with Crippen LogP contribution < -0.4 is 0 Å². The Morgan fingerprint density at radius 3 is 1.72 bits per heavy atom. The second-order valence-corrected chi connectivity index (χ2v) is 17.3. The summed E-state index contributed by atoms with van der Waals surface area (Å²) in [4.78, 5) is 11.5. The van der Waals surface area contributed by atoms with Crippen LogP contribution in [-0.4, -0.2) is 20.8 Å². The number of fused-ring (bicyclic) bond motifs is 13. The van der Waals surface area contributed by atoms with Crippen LogP contribution in [0.1, 0.15) is 24.5 Å². The lowest BCUT2D eigenvalue weighted by molar-refractivity contribution is 0.667. The molecular formula is C59H38N4O2. The molecule has 0 bridgehead atoms. The molecule has 5 heterocycles. The lowest BCUT2D eigenvalue weighted by Gasteiger charge is -2.21. The molecule has 6 heteroatoms. The van der Waals surface area contributed by atoms with Gasteiger partial charge in [-0.05, 0) is 83.9 Å². The van der Waals surface area contributed by atoms with Gasteiger partial charge in [0, 0.05) is 54.6 Å². The fraction of sp³-hybridized carbons (Fsp3) is 0.0508. The lowest BCUT2D eigenvalue weighted by atomic mass is 9.99. The molecule has 0 spiro atoms. The highest BCUT2D eigenvalue weighted by atomic mass is 16.3. The molecule has 9 aromatic carbocycles. The maximum Gasteiger partial charge on any atom is 0.161 e. The lowest BCUT2D eigenvalue weighted by Crippen LogP contribution is -2.23. The molecule has 4 aromatic heterocycles. The van der Waals surface area contributed by atoms with Crippen LogP contribution in [0.25, 0.3) is 110 Å². The van der Waals surface area contributed by atoms with E-state index in [2.05, 4.69) is 192 Å². The molecule has 0 radical (unpaired) electrons. The minimum Gasteiger partial charge on any atom is -0.456 e. The third-order valence-electron chi connectivity index (χ3n) is 13.6. The summed E-state index contributed by atoms with van der Waals surface area (Å²) in [6.07, 6.45) is 2.99. The summed E-state index contributed by atoms with van der Waals surface area (Å²) in [6, 6.07) is 66.6. The van der Waals surface area contributed by atoms with Crippen LogP contribution in [0.5, 0.6) is 0 Å². The first-order valence-corrected chi connectivity index (χ1v) is 22.3. The summed E-state index contributed by atoms with van der Waals surface area (Å²) in [7, 11) is 0. The van der Waals surface area contributed by atoms with E-state index in [0.29, 0.717) is 12.3 Å². The number of aromatic nitrogens is 2. The highest BCUT2D eigenvalue weighted by Gasteiger charge is 2.27. The molecular weight excluding hydrogens is 797 g/mol. The van der Waals surface area contributed by atoms with E-state index in [1.165, 1.54) is 32.3 Å². The first-order valence-electron chi connectivity index (χ1n) is 22.3. The van der Waals surface area contributed by atoms with Gasteiger partial charge < -0.3 is 13.4 Å². The van der Waals surface area contributed by atoms with E-state index in [1.807, 2.05) is 18.2 Å². The van der Waals surface area contributed by atoms with E-state index in [1.54, 1.807) is 0 Å². The zero-order valence-electron chi connectivity index (χ0n) is 35.4. The summed E-state index contributed by atoms with van der Waals surface area (Å²) < 4.78 is 18.3. The van der Waals surface area contributed by atoms with Gasteiger partial charge >= 0.3 is 0 Å². The molecule has 1 aliphatic heterocycles. The highest BCUT2D eigenvalue weighted by Crippen LogP contribution is 2.43. The van der Waals surface area contributed by atoms with Crippen molar-refractivity contribution in [2.75, 3.05) is 0 Å². The number of nitrogens with zero attached hydrogens (tertiary/aromatic N) is 4. The molecule has 13 aromatic rings. The van der Waals surface area contributed by atoms with Crippen molar-refractivity contribution in [3.63, 3.8) is 0 Å². The minimum atomic E-state index is -0.0115. The van der Waals surface area contributed by atoms with Gasteiger partial charge in [0.25, 0.3) is 0 Å². The predicted octanol–water partition coefficient (Wildman–Crippen LogP) is 15.6. The van der Waals surface area contributed by atoms with Crippen LogP contribution in [0.2, 0.25) is 0 Å². The molecule has 0 aliphatic carbocycles. The molecule has 0 amide bonds. The Labute approximate surface area is 372 Å². The van der Waals surface area contributed by atoms with Gasteiger partial charge in [0.15, 0.2) is 5.84 Å². The molecule has 1 atom stereocenters. The van der Waals surface area contributed by atoms with Crippen molar-refractivity contribution >= 4 is 116 Å². The molecule has 0 N–H and O–H groups in total. The molecule has 0 saturated carbocycles. The van der Waals surface area contributed by atoms with Gasteiger partial charge in [-0.3, -0.25) is 4.57 Å². The number of benzene rings is 9. The van der Waals surface area contributed by atoms with Crippen LogP contribution in [-0.2, 0) is 0 Å². The van der Waals surface area contributed by atoms with Gasteiger partial charge in [-0.15, -0.1) is 0 Å². The minimum absolute atomic E-state index is 0.0115. The SMILES string of the molecule is CC1C/C=C(\c2c(-n3c4ccccc4c4cc5ccccc5cc43)ccc3c2oc2ccccc23)N=C(c2ccc3c(c2)oc2ccccc23)N=C1n1c2ccccc2c2ccccc21. The maximum atomic E-state index is 7.00. The molecule has 306 valence electrons.